The van der Waals surface area contributed by atoms with Gasteiger partial charge in [0.1, 0.15) is 30.7 Å². The van der Waals surface area contributed by atoms with E-state index in [1.54, 1.807) is 27.7 Å². The van der Waals surface area contributed by atoms with Gasteiger partial charge in [0.2, 0.25) is 0 Å². The van der Waals surface area contributed by atoms with Gasteiger partial charge in [0.25, 0.3) is 0 Å². The number of benzene rings is 2. The number of ether oxygens (including phenoxy) is 4. The summed E-state index contributed by atoms with van der Waals surface area (Å²) in [6, 6.07) is 15.9. The number of carbonyl (C=O) groups is 1. The summed E-state index contributed by atoms with van der Waals surface area (Å²) in [4.78, 5) is 29.1. The van der Waals surface area contributed by atoms with Crippen LogP contribution in [0.15, 0.2) is 59.5 Å². The molecule has 3 heterocycles. The summed E-state index contributed by atoms with van der Waals surface area (Å²) in [6.45, 7) is 13.6. The molecule has 0 radical (unpaired) electrons. The summed E-state index contributed by atoms with van der Waals surface area (Å²) < 4.78 is 25.0. The Labute approximate surface area is 264 Å². The van der Waals surface area contributed by atoms with E-state index in [0.29, 0.717) is 5.56 Å². The van der Waals surface area contributed by atoms with Gasteiger partial charge in [-0.25, -0.2) is 4.79 Å². The molecule has 2 fully saturated rings. The zero-order valence-corrected chi connectivity index (χ0v) is 26.7. The Morgan fingerprint density at radius 3 is 2.04 bits per heavy atom. The van der Waals surface area contributed by atoms with Crippen molar-refractivity contribution in [3.8, 4) is 23.7 Å². The molecule has 9 nitrogen and oxygen atoms in total. The smallest absolute Gasteiger partial charge is 0.351 e. The lowest BCUT2D eigenvalue weighted by Gasteiger charge is -2.25. The Hall–Kier alpha value is -4.41. The number of esters is 1. The Morgan fingerprint density at radius 1 is 0.956 bits per heavy atom. The van der Waals surface area contributed by atoms with E-state index >= 15 is 0 Å². The van der Waals surface area contributed by atoms with Crippen LogP contribution in [0.5, 0.6) is 0 Å². The van der Waals surface area contributed by atoms with Crippen molar-refractivity contribution in [1.29, 1.82) is 0 Å². The molecule has 0 unspecified atom stereocenters. The minimum atomic E-state index is -0.918. The number of hydrogen-bond donors (Lipinski definition) is 1. The van der Waals surface area contributed by atoms with Crippen molar-refractivity contribution in [2.24, 2.45) is 5.92 Å². The van der Waals surface area contributed by atoms with Gasteiger partial charge in [0.15, 0.2) is 12.0 Å². The van der Waals surface area contributed by atoms with E-state index in [-0.39, 0.29) is 29.7 Å². The predicted molar refractivity (Wildman–Crippen MR) is 170 cm³/mol. The first kappa shape index (κ1) is 32.0. The van der Waals surface area contributed by atoms with E-state index in [2.05, 4.69) is 61.6 Å². The molecule has 2 N–H and O–H groups in total. The third-order valence-electron chi connectivity index (χ3n) is 7.57. The number of nitrogen functional groups attached to an aromatic ring is 1. The van der Waals surface area contributed by atoms with Gasteiger partial charge in [-0.1, -0.05) is 70.4 Å². The molecule has 0 bridgehead atoms. The van der Waals surface area contributed by atoms with Crippen LogP contribution in [0, 0.1) is 29.6 Å². The minimum Gasteiger partial charge on any atom is -0.463 e. The van der Waals surface area contributed by atoms with Crippen molar-refractivity contribution >= 4 is 11.8 Å². The van der Waals surface area contributed by atoms with Crippen LogP contribution in [-0.4, -0.2) is 46.2 Å². The van der Waals surface area contributed by atoms with Crippen molar-refractivity contribution in [3.63, 3.8) is 0 Å². The lowest BCUT2D eigenvalue weighted by atomic mass is 9.87. The zero-order chi connectivity index (χ0) is 32.5. The Morgan fingerprint density at radius 2 is 1.49 bits per heavy atom. The van der Waals surface area contributed by atoms with Crippen LogP contribution < -0.4 is 11.4 Å². The fourth-order valence-electron chi connectivity index (χ4n) is 5.08. The van der Waals surface area contributed by atoms with Gasteiger partial charge in [-0.05, 0) is 61.2 Å². The average Bonchev–Trinajstić information content (AvgIpc) is 3.47. The summed E-state index contributed by atoms with van der Waals surface area (Å²) in [5.41, 5.74) is 9.73. The van der Waals surface area contributed by atoms with Crippen molar-refractivity contribution in [2.45, 2.75) is 84.2 Å². The normalized spacial score (nSPS) is 21.8. The highest BCUT2D eigenvalue weighted by atomic mass is 16.8. The van der Waals surface area contributed by atoms with Gasteiger partial charge in [0, 0.05) is 22.9 Å². The van der Waals surface area contributed by atoms with Gasteiger partial charge >= 0.3 is 11.7 Å². The monoisotopic (exact) mass is 609 g/mol. The van der Waals surface area contributed by atoms with Gasteiger partial charge in [-0.3, -0.25) is 9.36 Å². The maximum Gasteiger partial charge on any atom is 0.351 e. The SMILES string of the molecule is CC(C)C(=O)OC[C@H]1O[C@@H](n2cc(C#Cc3ccc(C#Cc4ccc(C(C)(C)C)cc4)cc3)c(N)nc2=O)[C@@H]2OC(C)(C)O[C@@H]21. The summed E-state index contributed by atoms with van der Waals surface area (Å²) in [6.07, 6.45) is -1.22. The van der Waals surface area contributed by atoms with Crippen LogP contribution in [0.3, 0.4) is 0 Å². The molecule has 5 rings (SSSR count). The Bertz CT molecular complexity index is 1750. The highest BCUT2D eigenvalue weighted by Crippen LogP contribution is 2.42. The summed E-state index contributed by atoms with van der Waals surface area (Å²) in [5, 5.41) is 0. The quantitative estimate of drug-likeness (QED) is 0.339. The van der Waals surface area contributed by atoms with Gasteiger partial charge in [0.05, 0.1) is 11.5 Å². The second-order valence-electron chi connectivity index (χ2n) is 13.0. The fourth-order valence-corrected chi connectivity index (χ4v) is 5.08. The minimum absolute atomic E-state index is 0.00426. The number of hydrogen-bond acceptors (Lipinski definition) is 8. The second-order valence-corrected chi connectivity index (χ2v) is 13.0. The van der Waals surface area contributed by atoms with E-state index in [9.17, 15) is 9.59 Å². The van der Waals surface area contributed by atoms with Gasteiger partial charge < -0.3 is 24.7 Å². The highest BCUT2D eigenvalue weighted by Gasteiger charge is 2.56. The van der Waals surface area contributed by atoms with Gasteiger partial charge in [-0.2, -0.15) is 4.98 Å². The van der Waals surface area contributed by atoms with Crippen LogP contribution in [0.4, 0.5) is 5.82 Å². The summed E-state index contributed by atoms with van der Waals surface area (Å²) in [7, 11) is 0. The third kappa shape index (κ3) is 7.46. The molecule has 3 aromatic rings. The summed E-state index contributed by atoms with van der Waals surface area (Å²) >= 11 is 0. The fraction of sp³-hybridized carbons (Fsp3) is 0.417. The van der Waals surface area contributed by atoms with Crippen LogP contribution in [0.1, 0.15) is 82.5 Å². The molecule has 2 aliphatic rings. The molecule has 0 aliphatic carbocycles. The first-order valence-electron chi connectivity index (χ1n) is 15.0. The van der Waals surface area contributed by atoms with Crippen LogP contribution in [-0.2, 0) is 29.2 Å². The number of nitrogens with zero attached hydrogens (tertiary/aromatic N) is 2. The molecule has 9 heteroatoms. The van der Waals surface area contributed by atoms with Crippen molar-refractivity contribution in [2.75, 3.05) is 12.3 Å². The molecule has 234 valence electrons. The van der Waals surface area contributed by atoms with Crippen molar-refractivity contribution in [3.05, 3.63) is 93.0 Å². The molecule has 2 aliphatic heterocycles. The van der Waals surface area contributed by atoms with Crippen molar-refractivity contribution in [1.82, 2.24) is 9.55 Å². The molecule has 1 aromatic heterocycles. The lowest BCUT2D eigenvalue weighted by Crippen LogP contribution is -2.35. The lowest BCUT2D eigenvalue weighted by molar-refractivity contribution is -0.203. The third-order valence-corrected chi connectivity index (χ3v) is 7.57. The largest absolute Gasteiger partial charge is 0.463 e. The zero-order valence-electron chi connectivity index (χ0n) is 26.7. The standard InChI is InChI=1S/C36H39N3O6/c1-22(2)33(40)42-21-28-29-30(45-36(6,7)44-29)32(43-28)39-20-26(31(37)38-34(39)41)17-14-24-11-8-23(9-12-24)10-13-25-15-18-27(19-16-25)35(3,4)5/h8-9,11-12,15-16,18-20,22,28-30,32H,21H2,1-7H3,(H2,37,38,41)/t28-,29-,30-,32-/m1/s1. The Kier molecular flexibility index (Phi) is 8.91. The molecule has 0 spiro atoms. The van der Waals surface area contributed by atoms with Crippen LogP contribution in [0.25, 0.3) is 0 Å². The molecule has 2 aromatic carbocycles. The van der Waals surface area contributed by atoms with Gasteiger partial charge in [-0.15, -0.1) is 0 Å². The van der Waals surface area contributed by atoms with Crippen LogP contribution in [0.2, 0.25) is 0 Å². The van der Waals surface area contributed by atoms with Crippen LogP contribution >= 0.6 is 0 Å². The van der Waals surface area contributed by atoms with E-state index in [0.717, 1.165) is 16.7 Å². The van der Waals surface area contributed by atoms with Crippen molar-refractivity contribution < 1.29 is 23.7 Å². The van der Waals surface area contributed by atoms with E-state index in [1.807, 2.05) is 36.4 Å². The molecule has 45 heavy (non-hydrogen) atoms. The Balaban J connectivity index is 1.33. The average molecular weight is 610 g/mol. The first-order valence-corrected chi connectivity index (χ1v) is 15.0. The highest BCUT2D eigenvalue weighted by molar-refractivity contribution is 5.71. The number of aromatic nitrogens is 2. The maximum absolute atomic E-state index is 13.0. The molecule has 0 saturated carbocycles. The number of nitrogens with two attached hydrogens (primary N) is 1. The molecule has 4 atom stereocenters. The molecule has 0 amide bonds. The topological polar surface area (TPSA) is 115 Å². The summed E-state index contributed by atoms with van der Waals surface area (Å²) in [5.74, 6) is 10.9. The number of anilines is 1. The predicted octanol–water partition coefficient (Wildman–Crippen LogP) is 4.54. The first-order chi connectivity index (χ1) is 21.2. The van der Waals surface area contributed by atoms with E-state index < -0.39 is 36.0 Å². The molecule has 2 saturated heterocycles. The second kappa shape index (κ2) is 12.5. The number of rotatable bonds is 4. The number of fused-ring (bicyclic) bond motifs is 1. The molecular weight excluding hydrogens is 570 g/mol. The maximum atomic E-state index is 13.0. The molecular formula is C36H39N3O6. The van der Waals surface area contributed by atoms with E-state index in [1.165, 1.54) is 16.3 Å². The van der Waals surface area contributed by atoms with E-state index in [4.69, 9.17) is 24.7 Å². The number of carbonyl (C=O) groups excluding carboxylic acids is 1.